The largest absolute Gasteiger partial charge is 0.487 e. The number of hydrogen-bond acceptors (Lipinski definition) is 3. The molecule has 0 saturated heterocycles. The molecule has 0 aliphatic heterocycles. The Bertz CT molecular complexity index is 850. The van der Waals surface area contributed by atoms with Crippen LogP contribution < -0.4 is 4.74 Å². The molecular formula is C21H22ClNO2. The molecule has 4 heteroatoms. The molecule has 0 saturated carbocycles. The van der Waals surface area contributed by atoms with Crippen molar-refractivity contribution >= 4 is 22.5 Å². The maximum atomic E-state index is 10.3. The first-order valence-corrected chi connectivity index (χ1v) is 8.99. The number of aromatic nitrogens is 1. The standard InChI is InChI=1S/C21H22ClNO2/c1-2-3-9-19(24)16-7-4-6-15(13-16)14-25-20-10-5-8-17-18(22)11-12-23-21(17)20/h4-8,10-13,19,24H,2-3,9,14H2,1H3. The van der Waals surface area contributed by atoms with Crippen molar-refractivity contribution in [3.63, 3.8) is 0 Å². The molecule has 0 bridgehead atoms. The Hall–Kier alpha value is -2.10. The van der Waals surface area contributed by atoms with Gasteiger partial charge in [0.05, 0.1) is 11.1 Å². The highest BCUT2D eigenvalue weighted by Crippen LogP contribution is 2.29. The monoisotopic (exact) mass is 355 g/mol. The normalized spacial score (nSPS) is 12.3. The molecule has 0 spiro atoms. The molecule has 0 amide bonds. The average molecular weight is 356 g/mol. The van der Waals surface area contributed by atoms with E-state index in [0.717, 1.165) is 41.3 Å². The summed E-state index contributed by atoms with van der Waals surface area (Å²) in [6.07, 6.45) is 4.15. The van der Waals surface area contributed by atoms with Crippen LogP contribution >= 0.6 is 11.6 Å². The second kappa shape index (κ2) is 8.32. The smallest absolute Gasteiger partial charge is 0.146 e. The molecule has 0 aliphatic rings. The highest BCUT2D eigenvalue weighted by Gasteiger charge is 2.09. The zero-order chi connectivity index (χ0) is 17.6. The summed E-state index contributed by atoms with van der Waals surface area (Å²) in [6, 6.07) is 15.4. The quantitative estimate of drug-likeness (QED) is 0.591. The Balaban J connectivity index is 1.75. The van der Waals surface area contributed by atoms with Crippen LogP contribution in [0.5, 0.6) is 5.75 Å². The Morgan fingerprint density at radius 3 is 2.84 bits per heavy atom. The van der Waals surface area contributed by atoms with Crippen LogP contribution in [0.3, 0.4) is 0 Å². The van der Waals surface area contributed by atoms with E-state index in [2.05, 4.69) is 11.9 Å². The first-order chi connectivity index (χ1) is 12.2. The lowest BCUT2D eigenvalue weighted by molar-refractivity contribution is 0.164. The highest BCUT2D eigenvalue weighted by atomic mass is 35.5. The van der Waals surface area contributed by atoms with Gasteiger partial charge in [-0.2, -0.15) is 0 Å². The van der Waals surface area contributed by atoms with Gasteiger partial charge in [-0.1, -0.05) is 61.7 Å². The number of halogens is 1. The van der Waals surface area contributed by atoms with Crippen LogP contribution in [0.15, 0.2) is 54.7 Å². The van der Waals surface area contributed by atoms with Gasteiger partial charge in [-0.15, -0.1) is 0 Å². The number of rotatable bonds is 7. The average Bonchev–Trinajstić information content (AvgIpc) is 2.65. The van der Waals surface area contributed by atoms with Crippen molar-refractivity contribution in [3.8, 4) is 5.75 Å². The van der Waals surface area contributed by atoms with E-state index in [1.807, 2.05) is 42.5 Å². The van der Waals surface area contributed by atoms with E-state index in [9.17, 15) is 5.11 Å². The van der Waals surface area contributed by atoms with E-state index in [-0.39, 0.29) is 0 Å². The van der Waals surface area contributed by atoms with Crippen molar-refractivity contribution < 1.29 is 9.84 Å². The molecule has 1 unspecified atom stereocenters. The number of nitrogens with zero attached hydrogens (tertiary/aromatic N) is 1. The Kier molecular flexibility index (Phi) is 5.90. The number of benzene rings is 2. The maximum Gasteiger partial charge on any atom is 0.146 e. The maximum absolute atomic E-state index is 10.3. The predicted octanol–water partition coefficient (Wildman–Crippen LogP) is 5.69. The van der Waals surface area contributed by atoms with Crippen LogP contribution in [0.25, 0.3) is 10.9 Å². The molecule has 3 aromatic rings. The fourth-order valence-corrected chi connectivity index (χ4v) is 3.06. The second-order valence-electron chi connectivity index (χ2n) is 6.14. The summed E-state index contributed by atoms with van der Waals surface area (Å²) in [6.45, 7) is 2.54. The van der Waals surface area contributed by atoms with Gasteiger partial charge in [0.2, 0.25) is 0 Å². The molecule has 1 N–H and O–H groups in total. The van der Waals surface area contributed by atoms with Crippen LogP contribution in [-0.4, -0.2) is 10.1 Å². The highest BCUT2D eigenvalue weighted by molar-refractivity contribution is 6.35. The van der Waals surface area contributed by atoms with Crippen molar-refractivity contribution in [3.05, 3.63) is 70.9 Å². The lowest BCUT2D eigenvalue weighted by Crippen LogP contribution is -2.01. The van der Waals surface area contributed by atoms with Crippen molar-refractivity contribution in [2.75, 3.05) is 0 Å². The lowest BCUT2D eigenvalue weighted by atomic mass is 10.0. The van der Waals surface area contributed by atoms with E-state index < -0.39 is 6.10 Å². The molecular weight excluding hydrogens is 334 g/mol. The SMILES string of the molecule is CCCCC(O)c1cccc(COc2cccc3c(Cl)ccnc23)c1. The van der Waals surface area contributed by atoms with E-state index in [1.165, 1.54) is 0 Å². The Morgan fingerprint density at radius 1 is 1.16 bits per heavy atom. The minimum absolute atomic E-state index is 0.418. The molecule has 1 atom stereocenters. The predicted molar refractivity (Wildman–Crippen MR) is 102 cm³/mol. The molecule has 0 radical (unpaired) electrons. The van der Waals surface area contributed by atoms with Crippen molar-refractivity contribution in [1.29, 1.82) is 0 Å². The summed E-state index contributed by atoms with van der Waals surface area (Å²) in [4.78, 5) is 4.38. The summed E-state index contributed by atoms with van der Waals surface area (Å²) in [7, 11) is 0. The molecule has 1 aromatic heterocycles. The number of aliphatic hydroxyl groups is 1. The fourth-order valence-electron chi connectivity index (χ4n) is 2.85. The Labute approximate surface area is 153 Å². The molecule has 25 heavy (non-hydrogen) atoms. The number of pyridine rings is 1. The zero-order valence-electron chi connectivity index (χ0n) is 14.3. The molecule has 130 valence electrons. The number of ether oxygens (including phenoxy) is 1. The van der Waals surface area contributed by atoms with Gasteiger partial charge in [0.25, 0.3) is 0 Å². The van der Waals surface area contributed by atoms with Crippen molar-refractivity contribution in [2.24, 2.45) is 0 Å². The third kappa shape index (κ3) is 4.30. The van der Waals surface area contributed by atoms with Crippen molar-refractivity contribution in [2.45, 2.75) is 38.9 Å². The molecule has 3 nitrogen and oxygen atoms in total. The van der Waals surface area contributed by atoms with Crippen LogP contribution in [-0.2, 0) is 6.61 Å². The number of aliphatic hydroxyl groups excluding tert-OH is 1. The fraction of sp³-hybridized carbons (Fsp3) is 0.286. The van der Waals surface area contributed by atoms with Crippen LogP contribution in [0.4, 0.5) is 0 Å². The van der Waals surface area contributed by atoms with Gasteiger partial charge in [0, 0.05) is 11.6 Å². The van der Waals surface area contributed by atoms with Crippen LogP contribution in [0, 0.1) is 0 Å². The summed E-state index contributed by atoms with van der Waals surface area (Å²) in [5, 5.41) is 11.8. The molecule has 3 rings (SSSR count). The third-order valence-corrected chi connectivity index (χ3v) is 4.57. The van der Waals surface area contributed by atoms with Gasteiger partial charge in [0.15, 0.2) is 0 Å². The van der Waals surface area contributed by atoms with Gasteiger partial charge in [-0.25, -0.2) is 0 Å². The summed E-state index contributed by atoms with van der Waals surface area (Å²) in [5.74, 6) is 0.705. The van der Waals surface area contributed by atoms with Gasteiger partial charge < -0.3 is 9.84 Å². The number of fused-ring (bicyclic) bond motifs is 1. The van der Waals surface area contributed by atoms with E-state index in [4.69, 9.17) is 16.3 Å². The number of para-hydroxylation sites is 1. The number of unbranched alkanes of at least 4 members (excludes halogenated alkanes) is 1. The first-order valence-electron chi connectivity index (χ1n) is 8.62. The van der Waals surface area contributed by atoms with E-state index in [0.29, 0.717) is 17.4 Å². The summed E-state index contributed by atoms with van der Waals surface area (Å²) in [5.41, 5.74) is 2.72. The molecule has 2 aromatic carbocycles. The van der Waals surface area contributed by atoms with Gasteiger partial charge >= 0.3 is 0 Å². The minimum atomic E-state index is -0.419. The lowest BCUT2D eigenvalue weighted by Gasteiger charge is -2.13. The topological polar surface area (TPSA) is 42.4 Å². The van der Waals surface area contributed by atoms with Crippen LogP contribution in [0.1, 0.15) is 43.4 Å². The first kappa shape index (κ1) is 17.7. The minimum Gasteiger partial charge on any atom is -0.487 e. The molecule has 0 aliphatic carbocycles. The third-order valence-electron chi connectivity index (χ3n) is 4.24. The van der Waals surface area contributed by atoms with Gasteiger partial charge in [-0.05, 0) is 35.7 Å². The van der Waals surface area contributed by atoms with E-state index >= 15 is 0 Å². The second-order valence-corrected chi connectivity index (χ2v) is 6.54. The molecule has 1 heterocycles. The zero-order valence-corrected chi connectivity index (χ0v) is 15.0. The number of hydrogen-bond donors (Lipinski definition) is 1. The summed E-state index contributed by atoms with van der Waals surface area (Å²) >= 11 is 6.22. The van der Waals surface area contributed by atoms with Crippen LogP contribution in [0.2, 0.25) is 5.02 Å². The van der Waals surface area contributed by atoms with Crippen molar-refractivity contribution in [1.82, 2.24) is 4.98 Å². The van der Waals surface area contributed by atoms with Gasteiger partial charge in [0.1, 0.15) is 17.9 Å². The molecule has 0 fully saturated rings. The van der Waals surface area contributed by atoms with E-state index in [1.54, 1.807) is 12.3 Å². The Morgan fingerprint density at radius 2 is 2.00 bits per heavy atom. The summed E-state index contributed by atoms with van der Waals surface area (Å²) < 4.78 is 5.97. The van der Waals surface area contributed by atoms with Gasteiger partial charge in [-0.3, -0.25) is 4.98 Å².